The van der Waals surface area contributed by atoms with Crippen molar-refractivity contribution in [2.24, 2.45) is 35.1 Å². The van der Waals surface area contributed by atoms with Crippen LogP contribution in [-0.4, -0.2) is 38.6 Å². The first kappa shape index (κ1) is 29.9. The Hall–Kier alpha value is -1.14. The van der Waals surface area contributed by atoms with E-state index in [4.69, 9.17) is 11.5 Å². The minimum atomic E-state index is -1.02. The average molecular weight is 467 g/mol. The van der Waals surface area contributed by atoms with Crippen molar-refractivity contribution in [3.05, 3.63) is 0 Å². The van der Waals surface area contributed by atoms with E-state index < -0.39 is 16.9 Å². The first-order valence-electron chi connectivity index (χ1n) is 13.4. The highest BCUT2D eigenvalue weighted by Crippen LogP contribution is 2.46. The molecule has 3 amide bonds. The Kier molecular flexibility index (Phi) is 10.4. The topological polar surface area (TPSA) is 92.7 Å². The number of carbonyl (C=O) groups is 2. The number of nitrogens with zero attached hydrogens (tertiary/aromatic N) is 2. The highest BCUT2D eigenvalue weighted by molar-refractivity contribution is 6.08. The molecule has 0 radical (unpaired) electrons. The van der Waals surface area contributed by atoms with Gasteiger partial charge in [0, 0.05) is 0 Å². The summed E-state index contributed by atoms with van der Waals surface area (Å²) >= 11 is 0. The second kappa shape index (κ2) is 11.5. The predicted molar refractivity (Wildman–Crippen MR) is 138 cm³/mol. The van der Waals surface area contributed by atoms with Crippen molar-refractivity contribution >= 4 is 11.9 Å². The molecule has 1 saturated heterocycles. The van der Waals surface area contributed by atoms with Gasteiger partial charge in [0.15, 0.2) is 0 Å². The number of unbranched alkanes of at least 4 members (excludes halogenated alkanes) is 1. The van der Waals surface area contributed by atoms with Crippen molar-refractivity contribution < 1.29 is 9.59 Å². The van der Waals surface area contributed by atoms with Crippen molar-refractivity contribution in [1.82, 2.24) is 9.80 Å². The molecule has 1 fully saturated rings. The summed E-state index contributed by atoms with van der Waals surface area (Å²) in [7, 11) is 0. The monoisotopic (exact) mass is 466 g/mol. The molecule has 1 atom stereocenters. The molecular formula is C27H54N4O2. The summed E-state index contributed by atoms with van der Waals surface area (Å²) in [6.45, 7) is 21.1. The molecule has 0 aromatic rings. The first-order valence-corrected chi connectivity index (χ1v) is 13.4. The molecular weight excluding hydrogens is 412 g/mol. The fraction of sp³-hybridized carbons (Fsp3) is 0.926. The minimum Gasteiger partial charge on any atom is -0.309 e. The molecule has 0 spiro atoms. The van der Waals surface area contributed by atoms with Crippen LogP contribution in [0, 0.1) is 23.7 Å². The van der Waals surface area contributed by atoms with E-state index in [1.807, 2.05) is 6.92 Å². The molecule has 6 nitrogen and oxygen atoms in total. The van der Waals surface area contributed by atoms with Crippen LogP contribution < -0.4 is 11.5 Å². The smallest absolute Gasteiger partial charge is 0.309 e. The maximum absolute atomic E-state index is 14.3. The average Bonchev–Trinajstić information content (AvgIpc) is 2.84. The lowest BCUT2D eigenvalue weighted by Crippen LogP contribution is -2.66. The highest BCUT2D eigenvalue weighted by atomic mass is 16.2. The van der Waals surface area contributed by atoms with Gasteiger partial charge in [-0.3, -0.25) is 9.69 Å². The SMILES string of the molecule is CCCCC1(CC)C(=O)N(C(N)(CC(C)C)CC(C)C)C(=O)N1C(N)(CC(C)C)CC(C)C. The molecule has 0 aliphatic carbocycles. The standard InChI is InChI=1S/C27H54N4O2/c1-11-13-14-25(12-2)23(32)30(26(28,15-19(3)4)16-20(5)6)24(33)31(25)27(29,17-21(7)8)18-22(9)10/h19-22H,11-18,28-29H2,1-10H3. The maximum Gasteiger partial charge on any atom is 0.330 e. The molecule has 0 aromatic carbocycles. The number of rotatable bonds is 14. The highest BCUT2D eigenvalue weighted by Gasteiger charge is 2.64. The maximum atomic E-state index is 14.3. The largest absolute Gasteiger partial charge is 0.330 e. The number of imide groups is 1. The van der Waals surface area contributed by atoms with Crippen molar-refractivity contribution in [2.75, 3.05) is 0 Å². The zero-order chi connectivity index (χ0) is 25.8. The molecule has 0 aromatic heterocycles. The molecule has 1 unspecified atom stereocenters. The second-order valence-corrected chi connectivity index (χ2v) is 12.3. The van der Waals surface area contributed by atoms with Crippen molar-refractivity contribution in [1.29, 1.82) is 0 Å². The number of carbonyl (C=O) groups excluding carboxylic acids is 2. The normalized spacial score (nSPS) is 20.5. The Morgan fingerprint density at radius 1 is 0.758 bits per heavy atom. The van der Waals surface area contributed by atoms with E-state index in [0.717, 1.165) is 12.8 Å². The number of urea groups is 1. The third-order valence-electron chi connectivity index (χ3n) is 6.88. The molecule has 194 valence electrons. The lowest BCUT2D eigenvalue weighted by molar-refractivity contribution is -0.140. The molecule has 1 aliphatic heterocycles. The summed E-state index contributed by atoms with van der Waals surface area (Å²) in [4.78, 5) is 31.9. The Balaban J connectivity index is 3.79. The van der Waals surface area contributed by atoms with Crippen molar-refractivity contribution in [2.45, 2.75) is 137 Å². The number of hydrogen-bond donors (Lipinski definition) is 2. The fourth-order valence-corrected chi connectivity index (χ4v) is 6.22. The van der Waals surface area contributed by atoms with E-state index >= 15 is 0 Å². The van der Waals surface area contributed by atoms with Crippen LogP contribution in [-0.2, 0) is 4.79 Å². The van der Waals surface area contributed by atoms with Gasteiger partial charge in [0.25, 0.3) is 5.91 Å². The summed E-state index contributed by atoms with van der Waals surface area (Å²) in [5.74, 6) is 0.948. The van der Waals surface area contributed by atoms with Crippen LogP contribution in [0.1, 0.15) is 121 Å². The Bertz CT molecular complexity index is 639. The third-order valence-corrected chi connectivity index (χ3v) is 6.88. The lowest BCUT2D eigenvalue weighted by Gasteiger charge is -2.48. The molecule has 4 N–H and O–H groups in total. The predicted octanol–water partition coefficient (Wildman–Crippen LogP) is 6.08. The van der Waals surface area contributed by atoms with E-state index in [0.29, 0.717) is 50.4 Å². The molecule has 6 heteroatoms. The van der Waals surface area contributed by atoms with Crippen LogP contribution in [0.25, 0.3) is 0 Å². The van der Waals surface area contributed by atoms with Gasteiger partial charge in [-0.2, -0.15) is 0 Å². The van der Waals surface area contributed by atoms with Gasteiger partial charge < -0.3 is 11.5 Å². The van der Waals surface area contributed by atoms with Crippen LogP contribution in [0.5, 0.6) is 0 Å². The molecule has 1 rings (SSSR count). The van der Waals surface area contributed by atoms with E-state index in [2.05, 4.69) is 62.3 Å². The number of nitrogens with two attached hydrogens (primary N) is 2. The summed E-state index contributed by atoms with van der Waals surface area (Å²) < 4.78 is 0. The van der Waals surface area contributed by atoms with E-state index in [9.17, 15) is 9.59 Å². The van der Waals surface area contributed by atoms with Crippen LogP contribution in [0.4, 0.5) is 4.79 Å². The Morgan fingerprint density at radius 3 is 1.48 bits per heavy atom. The zero-order valence-electron chi connectivity index (χ0n) is 23.3. The van der Waals surface area contributed by atoms with Gasteiger partial charge in [0.05, 0.1) is 5.66 Å². The van der Waals surface area contributed by atoms with Crippen LogP contribution >= 0.6 is 0 Å². The molecule has 1 aliphatic rings. The summed E-state index contributed by atoms with van der Waals surface area (Å²) in [5.41, 5.74) is 11.3. The van der Waals surface area contributed by atoms with Crippen LogP contribution in [0.15, 0.2) is 0 Å². The van der Waals surface area contributed by atoms with Gasteiger partial charge in [-0.25, -0.2) is 9.69 Å². The molecule has 0 bridgehead atoms. The summed E-state index contributed by atoms with van der Waals surface area (Å²) in [6, 6.07) is -0.287. The lowest BCUT2D eigenvalue weighted by atomic mass is 9.81. The van der Waals surface area contributed by atoms with Gasteiger partial charge >= 0.3 is 6.03 Å². The summed E-state index contributed by atoms with van der Waals surface area (Å²) in [5, 5.41) is 0. The van der Waals surface area contributed by atoms with Gasteiger partial charge in [-0.05, 0) is 62.2 Å². The van der Waals surface area contributed by atoms with Gasteiger partial charge in [-0.15, -0.1) is 0 Å². The van der Waals surface area contributed by atoms with Gasteiger partial charge in [0.2, 0.25) is 0 Å². The quantitative estimate of drug-likeness (QED) is 0.303. The molecule has 0 saturated carbocycles. The first-order chi connectivity index (χ1) is 15.1. The van der Waals surface area contributed by atoms with Crippen LogP contribution in [0.2, 0.25) is 0 Å². The van der Waals surface area contributed by atoms with Crippen molar-refractivity contribution in [3.8, 4) is 0 Å². The summed E-state index contributed by atoms with van der Waals surface area (Å²) in [6.07, 6.45) is 5.44. The van der Waals surface area contributed by atoms with E-state index in [1.165, 1.54) is 4.90 Å². The van der Waals surface area contributed by atoms with Gasteiger partial charge in [-0.1, -0.05) is 82.1 Å². The van der Waals surface area contributed by atoms with E-state index in [-0.39, 0.29) is 23.8 Å². The minimum absolute atomic E-state index is 0.144. The van der Waals surface area contributed by atoms with Crippen LogP contribution in [0.3, 0.4) is 0 Å². The Morgan fingerprint density at radius 2 is 1.15 bits per heavy atom. The number of hydrogen-bond acceptors (Lipinski definition) is 4. The van der Waals surface area contributed by atoms with Gasteiger partial charge in [0.1, 0.15) is 11.2 Å². The van der Waals surface area contributed by atoms with Crippen molar-refractivity contribution in [3.63, 3.8) is 0 Å². The number of amides is 3. The second-order valence-electron chi connectivity index (χ2n) is 12.3. The fourth-order valence-electron chi connectivity index (χ4n) is 6.22. The molecule has 33 heavy (non-hydrogen) atoms. The third kappa shape index (κ3) is 6.50. The zero-order valence-corrected chi connectivity index (χ0v) is 23.3. The Labute approximate surface area is 204 Å². The molecule has 1 heterocycles. The van der Waals surface area contributed by atoms with E-state index in [1.54, 1.807) is 4.90 Å².